The van der Waals surface area contributed by atoms with Gasteiger partial charge in [0.1, 0.15) is 12.4 Å². The molecule has 16 heavy (non-hydrogen) atoms. The zero-order valence-corrected chi connectivity index (χ0v) is 11.3. The van der Waals surface area contributed by atoms with Crippen LogP contribution in [0.25, 0.3) is 0 Å². The van der Waals surface area contributed by atoms with E-state index in [-0.39, 0.29) is 0 Å². The Hall–Kier alpha value is -0.780. The number of nitrogens with zero attached hydrogens (tertiary/aromatic N) is 1. The summed E-state index contributed by atoms with van der Waals surface area (Å²) in [7, 11) is 0. The minimum atomic E-state index is 0.365. The maximum Gasteiger partial charge on any atom is 0.180 e. The third kappa shape index (κ3) is 2.87. The van der Waals surface area contributed by atoms with E-state index in [2.05, 4.69) is 20.9 Å². The van der Waals surface area contributed by atoms with Crippen LogP contribution in [0.1, 0.15) is 5.69 Å². The normalized spacial score (nSPS) is 10.4. The molecule has 0 fully saturated rings. The van der Waals surface area contributed by atoms with E-state index in [1.807, 2.05) is 17.5 Å². The molecule has 0 atom stereocenters. The highest BCUT2D eigenvalue weighted by Crippen LogP contribution is 2.28. The van der Waals surface area contributed by atoms with E-state index >= 15 is 0 Å². The lowest BCUT2D eigenvalue weighted by Gasteiger charge is -2.06. The van der Waals surface area contributed by atoms with Crippen molar-refractivity contribution in [3.05, 3.63) is 38.8 Å². The van der Waals surface area contributed by atoms with Crippen LogP contribution in [0, 0.1) is 0 Å². The minimum absolute atomic E-state index is 0.365. The van der Waals surface area contributed by atoms with Crippen LogP contribution < -0.4 is 10.5 Å². The molecule has 3 nitrogen and oxygen atoms in total. The summed E-state index contributed by atoms with van der Waals surface area (Å²) >= 11 is 10.7. The Morgan fingerprint density at radius 2 is 2.31 bits per heavy atom. The first-order chi connectivity index (χ1) is 7.65. The minimum Gasteiger partial charge on any atom is -0.486 e. The molecule has 0 aliphatic heterocycles. The van der Waals surface area contributed by atoms with Crippen LogP contribution >= 0.6 is 38.9 Å². The molecule has 0 amide bonds. The first-order valence-electron chi connectivity index (χ1n) is 4.43. The zero-order valence-electron chi connectivity index (χ0n) is 8.11. The van der Waals surface area contributed by atoms with E-state index in [1.165, 1.54) is 11.3 Å². The van der Waals surface area contributed by atoms with Crippen molar-refractivity contribution in [3.8, 4) is 5.75 Å². The smallest absolute Gasteiger partial charge is 0.180 e. The van der Waals surface area contributed by atoms with Gasteiger partial charge in [-0.2, -0.15) is 0 Å². The molecule has 2 aromatic rings. The molecule has 0 aliphatic carbocycles. The Bertz CT molecular complexity index is 503. The molecular formula is C10H8BrClN2OS. The van der Waals surface area contributed by atoms with Crippen LogP contribution in [-0.2, 0) is 6.61 Å². The standard InChI is InChI=1S/C10H8BrClN2OS/c11-6-1-2-8(12)9(3-6)15-4-7-5-16-10(13)14-7/h1-3,5H,4H2,(H2,13,14). The van der Waals surface area contributed by atoms with Crippen molar-refractivity contribution in [2.24, 2.45) is 0 Å². The van der Waals surface area contributed by atoms with Gasteiger partial charge in [-0.15, -0.1) is 11.3 Å². The number of rotatable bonds is 3. The second-order valence-corrected chi connectivity index (χ2v) is 5.25. The maximum absolute atomic E-state index is 5.98. The molecule has 0 spiro atoms. The molecule has 0 bridgehead atoms. The van der Waals surface area contributed by atoms with Gasteiger partial charge < -0.3 is 10.5 Å². The van der Waals surface area contributed by atoms with E-state index in [4.69, 9.17) is 22.1 Å². The molecular weight excluding hydrogens is 312 g/mol. The predicted molar refractivity (Wildman–Crippen MR) is 70.0 cm³/mol. The van der Waals surface area contributed by atoms with Gasteiger partial charge >= 0.3 is 0 Å². The van der Waals surface area contributed by atoms with Gasteiger partial charge in [0.05, 0.1) is 10.7 Å². The Kier molecular flexibility index (Phi) is 3.68. The van der Waals surface area contributed by atoms with Crippen LogP contribution in [0.15, 0.2) is 28.1 Å². The molecule has 84 valence electrons. The van der Waals surface area contributed by atoms with E-state index in [1.54, 1.807) is 6.07 Å². The summed E-state index contributed by atoms with van der Waals surface area (Å²) in [6, 6.07) is 5.45. The van der Waals surface area contributed by atoms with Crippen molar-refractivity contribution in [2.75, 3.05) is 5.73 Å². The number of anilines is 1. The van der Waals surface area contributed by atoms with Gasteiger partial charge in [0.15, 0.2) is 5.13 Å². The summed E-state index contributed by atoms with van der Waals surface area (Å²) < 4.78 is 6.46. The Balaban J connectivity index is 2.07. The molecule has 6 heteroatoms. The van der Waals surface area contributed by atoms with Crippen molar-refractivity contribution in [1.29, 1.82) is 0 Å². The number of benzene rings is 1. The van der Waals surface area contributed by atoms with Gasteiger partial charge in [-0.1, -0.05) is 27.5 Å². The van der Waals surface area contributed by atoms with Crippen LogP contribution in [-0.4, -0.2) is 4.98 Å². The first kappa shape index (κ1) is 11.7. The fraction of sp³-hybridized carbons (Fsp3) is 0.100. The molecule has 0 saturated heterocycles. The highest BCUT2D eigenvalue weighted by molar-refractivity contribution is 9.10. The van der Waals surface area contributed by atoms with Gasteiger partial charge in [0.2, 0.25) is 0 Å². The van der Waals surface area contributed by atoms with Gasteiger partial charge in [0.25, 0.3) is 0 Å². The second kappa shape index (κ2) is 5.03. The Labute approximate surface area is 110 Å². The van der Waals surface area contributed by atoms with E-state index < -0.39 is 0 Å². The third-order valence-corrected chi connectivity index (χ3v) is 3.37. The van der Waals surface area contributed by atoms with Gasteiger partial charge in [0, 0.05) is 9.85 Å². The van der Waals surface area contributed by atoms with Crippen LogP contribution in [0.2, 0.25) is 5.02 Å². The molecule has 0 radical (unpaired) electrons. The number of thiazole rings is 1. The number of ether oxygens (including phenoxy) is 1. The van der Waals surface area contributed by atoms with Gasteiger partial charge in [-0.3, -0.25) is 0 Å². The van der Waals surface area contributed by atoms with Crippen molar-refractivity contribution in [3.63, 3.8) is 0 Å². The predicted octanol–water partition coefficient (Wildman–Crippen LogP) is 3.72. The largest absolute Gasteiger partial charge is 0.486 e. The molecule has 2 N–H and O–H groups in total. The second-order valence-electron chi connectivity index (χ2n) is 3.04. The SMILES string of the molecule is Nc1nc(COc2cc(Br)ccc2Cl)cs1. The summed E-state index contributed by atoms with van der Waals surface area (Å²) in [4.78, 5) is 4.09. The molecule has 1 heterocycles. The average molecular weight is 320 g/mol. The highest BCUT2D eigenvalue weighted by atomic mass is 79.9. The fourth-order valence-electron chi connectivity index (χ4n) is 1.13. The van der Waals surface area contributed by atoms with Crippen molar-refractivity contribution >= 4 is 44.0 Å². The molecule has 1 aromatic heterocycles. The van der Waals surface area contributed by atoms with Crippen molar-refractivity contribution < 1.29 is 4.74 Å². The number of hydrogen-bond acceptors (Lipinski definition) is 4. The number of halogens is 2. The number of hydrogen-bond donors (Lipinski definition) is 1. The molecule has 0 aliphatic rings. The summed E-state index contributed by atoms with van der Waals surface area (Å²) in [6.45, 7) is 0.365. The van der Waals surface area contributed by atoms with Gasteiger partial charge in [-0.05, 0) is 18.2 Å². The summed E-state index contributed by atoms with van der Waals surface area (Å²) in [5.41, 5.74) is 6.32. The topological polar surface area (TPSA) is 48.1 Å². The molecule has 0 saturated carbocycles. The zero-order chi connectivity index (χ0) is 11.5. The highest BCUT2D eigenvalue weighted by Gasteiger charge is 2.04. The fourth-order valence-corrected chi connectivity index (χ4v) is 2.19. The summed E-state index contributed by atoms with van der Waals surface area (Å²) in [6.07, 6.45) is 0. The van der Waals surface area contributed by atoms with Crippen LogP contribution in [0.5, 0.6) is 5.75 Å². The van der Waals surface area contributed by atoms with Crippen molar-refractivity contribution in [2.45, 2.75) is 6.61 Å². The lowest BCUT2D eigenvalue weighted by atomic mass is 10.3. The number of aromatic nitrogens is 1. The van der Waals surface area contributed by atoms with Crippen LogP contribution in [0.3, 0.4) is 0 Å². The quantitative estimate of drug-likeness (QED) is 0.938. The first-order valence-corrected chi connectivity index (χ1v) is 6.48. The van der Waals surface area contributed by atoms with E-state index in [9.17, 15) is 0 Å². The average Bonchev–Trinajstić information content (AvgIpc) is 2.66. The lowest BCUT2D eigenvalue weighted by Crippen LogP contribution is -1.96. The van der Waals surface area contributed by atoms with E-state index in [0.29, 0.717) is 22.5 Å². The van der Waals surface area contributed by atoms with Crippen LogP contribution in [0.4, 0.5) is 5.13 Å². The monoisotopic (exact) mass is 318 g/mol. The molecule has 0 unspecified atom stereocenters. The summed E-state index contributed by atoms with van der Waals surface area (Å²) in [5, 5.41) is 2.98. The lowest BCUT2D eigenvalue weighted by molar-refractivity contribution is 0.302. The van der Waals surface area contributed by atoms with E-state index in [0.717, 1.165) is 10.2 Å². The van der Waals surface area contributed by atoms with Gasteiger partial charge in [-0.25, -0.2) is 4.98 Å². The van der Waals surface area contributed by atoms with Crippen molar-refractivity contribution in [1.82, 2.24) is 4.98 Å². The summed E-state index contributed by atoms with van der Waals surface area (Å²) in [5.74, 6) is 0.627. The molecule has 2 rings (SSSR count). The Morgan fingerprint density at radius 3 is 3.00 bits per heavy atom. The number of nitrogen functional groups attached to an aromatic ring is 1. The maximum atomic E-state index is 5.98. The number of nitrogens with two attached hydrogens (primary N) is 1. The third-order valence-electron chi connectivity index (χ3n) is 1.84. The molecule has 1 aromatic carbocycles. The Morgan fingerprint density at radius 1 is 1.50 bits per heavy atom.